The number of benzene rings is 1. The first kappa shape index (κ1) is 18.7. The third-order valence-corrected chi connectivity index (χ3v) is 4.59. The lowest BCUT2D eigenvalue weighted by Crippen LogP contribution is -2.06. The first-order valence-corrected chi connectivity index (χ1v) is 9.00. The van der Waals surface area contributed by atoms with Crippen LogP contribution in [0.1, 0.15) is 36.6 Å². The van der Waals surface area contributed by atoms with E-state index < -0.39 is 0 Å². The minimum Gasteiger partial charge on any atom is -0.382 e. The van der Waals surface area contributed by atoms with Crippen LogP contribution in [0, 0.1) is 11.8 Å². The van der Waals surface area contributed by atoms with Gasteiger partial charge in [-0.15, -0.1) is 0 Å². The van der Waals surface area contributed by atoms with Gasteiger partial charge >= 0.3 is 0 Å². The van der Waals surface area contributed by atoms with Gasteiger partial charge in [0.25, 0.3) is 0 Å². The highest BCUT2D eigenvalue weighted by atomic mass is 35.5. The molecule has 3 aromatic rings. The van der Waals surface area contributed by atoms with E-state index in [-0.39, 0.29) is 11.9 Å². The molecule has 6 heteroatoms. The van der Waals surface area contributed by atoms with Gasteiger partial charge < -0.3 is 11.5 Å². The fraction of sp³-hybridized carbons (Fsp3) is 0.190. The molecule has 0 saturated heterocycles. The predicted octanol–water partition coefficient (Wildman–Crippen LogP) is 4.07. The molecule has 0 fully saturated rings. The van der Waals surface area contributed by atoms with E-state index in [2.05, 4.69) is 26.8 Å². The van der Waals surface area contributed by atoms with Gasteiger partial charge in [-0.25, -0.2) is 4.98 Å². The maximum Gasteiger partial charge on any atom is 0.222 e. The van der Waals surface area contributed by atoms with Crippen molar-refractivity contribution in [3.8, 4) is 23.0 Å². The highest BCUT2D eigenvalue weighted by molar-refractivity contribution is 6.31. The van der Waals surface area contributed by atoms with Gasteiger partial charge in [-0.2, -0.15) is 4.98 Å². The Morgan fingerprint density at radius 2 is 1.81 bits per heavy atom. The maximum absolute atomic E-state index is 6.52. The number of rotatable bonds is 3. The normalized spacial score (nSPS) is 11.5. The molecule has 1 unspecified atom stereocenters. The molecule has 1 aromatic carbocycles. The summed E-state index contributed by atoms with van der Waals surface area (Å²) in [6.45, 7) is 3.98. The molecular formula is C21H20ClN5. The number of halogens is 1. The van der Waals surface area contributed by atoms with E-state index in [1.54, 1.807) is 12.4 Å². The molecule has 0 amide bonds. The van der Waals surface area contributed by atoms with Crippen molar-refractivity contribution in [2.24, 2.45) is 0 Å². The lowest BCUT2D eigenvalue weighted by molar-refractivity contribution is 0.994. The van der Waals surface area contributed by atoms with Crippen molar-refractivity contribution in [1.82, 2.24) is 15.0 Å². The highest BCUT2D eigenvalue weighted by Crippen LogP contribution is 2.29. The number of aryl methyl sites for hydroxylation is 1. The van der Waals surface area contributed by atoms with Crippen LogP contribution in [0.3, 0.4) is 0 Å². The monoisotopic (exact) mass is 377 g/mol. The standard InChI is InChI=1S/C21H20ClN5/c1-3-19-17(20(23)27-21(24)26-19)6-4-13(2)16-7-5-15(12-18(16)22)14-8-10-25-11-9-14/h5,7-13H,3H2,1-2H3,(H4,23,24,26,27). The predicted molar refractivity (Wildman–Crippen MR) is 110 cm³/mol. The molecular weight excluding hydrogens is 358 g/mol. The molecule has 0 spiro atoms. The summed E-state index contributed by atoms with van der Waals surface area (Å²) < 4.78 is 0. The van der Waals surface area contributed by atoms with Crippen molar-refractivity contribution in [2.75, 3.05) is 11.5 Å². The zero-order valence-electron chi connectivity index (χ0n) is 15.2. The van der Waals surface area contributed by atoms with Gasteiger partial charge in [0.15, 0.2) is 0 Å². The Hall–Kier alpha value is -3.10. The Kier molecular flexibility index (Phi) is 5.58. The molecule has 2 heterocycles. The van der Waals surface area contributed by atoms with Crippen LogP contribution in [-0.4, -0.2) is 15.0 Å². The van der Waals surface area contributed by atoms with Crippen LogP contribution in [0.5, 0.6) is 0 Å². The van der Waals surface area contributed by atoms with Crippen LogP contribution >= 0.6 is 11.6 Å². The first-order chi connectivity index (χ1) is 13.0. The number of anilines is 2. The Bertz CT molecular complexity index is 1020. The highest BCUT2D eigenvalue weighted by Gasteiger charge is 2.11. The molecule has 0 bridgehead atoms. The topological polar surface area (TPSA) is 90.7 Å². The van der Waals surface area contributed by atoms with Crippen molar-refractivity contribution in [3.63, 3.8) is 0 Å². The van der Waals surface area contributed by atoms with Gasteiger partial charge in [0.2, 0.25) is 5.95 Å². The number of hydrogen-bond acceptors (Lipinski definition) is 5. The van der Waals surface area contributed by atoms with E-state index in [0.29, 0.717) is 22.8 Å². The summed E-state index contributed by atoms with van der Waals surface area (Å²) in [4.78, 5) is 12.3. The number of nitrogens with zero attached hydrogens (tertiary/aromatic N) is 3. The maximum atomic E-state index is 6.52. The molecule has 1 atom stereocenters. The molecule has 3 rings (SSSR count). The quantitative estimate of drug-likeness (QED) is 0.671. The first-order valence-electron chi connectivity index (χ1n) is 8.62. The summed E-state index contributed by atoms with van der Waals surface area (Å²) in [6, 6.07) is 9.88. The second-order valence-electron chi connectivity index (χ2n) is 6.11. The SMILES string of the molecule is CCc1nc(N)nc(N)c1C#CC(C)c1ccc(-c2ccncc2)cc1Cl. The summed E-state index contributed by atoms with van der Waals surface area (Å²) >= 11 is 6.52. The van der Waals surface area contributed by atoms with Crippen molar-refractivity contribution in [1.29, 1.82) is 0 Å². The average Bonchev–Trinajstić information content (AvgIpc) is 2.67. The second kappa shape index (κ2) is 8.07. The number of hydrogen-bond donors (Lipinski definition) is 2. The smallest absolute Gasteiger partial charge is 0.222 e. The molecule has 0 aliphatic rings. The van der Waals surface area contributed by atoms with Crippen molar-refractivity contribution in [2.45, 2.75) is 26.2 Å². The molecule has 0 radical (unpaired) electrons. The molecule has 5 nitrogen and oxygen atoms in total. The van der Waals surface area contributed by atoms with Crippen LogP contribution in [-0.2, 0) is 6.42 Å². The van der Waals surface area contributed by atoms with Gasteiger partial charge in [-0.05, 0) is 48.2 Å². The third-order valence-electron chi connectivity index (χ3n) is 4.26. The molecule has 27 heavy (non-hydrogen) atoms. The fourth-order valence-electron chi connectivity index (χ4n) is 2.80. The number of pyridine rings is 1. The van der Waals surface area contributed by atoms with Gasteiger partial charge in [-0.3, -0.25) is 4.98 Å². The van der Waals surface area contributed by atoms with E-state index >= 15 is 0 Å². The summed E-state index contributed by atoms with van der Waals surface area (Å²) in [5, 5.41) is 0.670. The van der Waals surface area contributed by atoms with E-state index in [1.165, 1.54) is 0 Å². The number of aromatic nitrogens is 3. The lowest BCUT2D eigenvalue weighted by Gasteiger charge is -2.10. The van der Waals surface area contributed by atoms with Crippen LogP contribution in [0.2, 0.25) is 5.02 Å². The molecule has 0 saturated carbocycles. The van der Waals surface area contributed by atoms with Crippen molar-refractivity contribution >= 4 is 23.4 Å². The van der Waals surface area contributed by atoms with Crippen molar-refractivity contribution < 1.29 is 0 Å². The van der Waals surface area contributed by atoms with E-state index in [1.807, 2.05) is 44.2 Å². The van der Waals surface area contributed by atoms with Gasteiger partial charge in [0, 0.05) is 23.3 Å². The number of nitrogens with two attached hydrogens (primary N) is 2. The van der Waals surface area contributed by atoms with Crippen molar-refractivity contribution in [3.05, 3.63) is 64.6 Å². The van der Waals surface area contributed by atoms with Crippen LogP contribution in [0.15, 0.2) is 42.7 Å². The Morgan fingerprint density at radius 1 is 1.07 bits per heavy atom. The Labute approximate surface area is 163 Å². The summed E-state index contributed by atoms with van der Waals surface area (Å²) in [5.74, 6) is 6.70. The largest absolute Gasteiger partial charge is 0.382 e. The second-order valence-corrected chi connectivity index (χ2v) is 6.51. The van der Waals surface area contributed by atoms with Gasteiger partial charge in [-0.1, -0.05) is 42.5 Å². The third kappa shape index (κ3) is 4.18. The van der Waals surface area contributed by atoms with E-state index in [9.17, 15) is 0 Å². The molecule has 136 valence electrons. The Morgan fingerprint density at radius 3 is 2.48 bits per heavy atom. The summed E-state index contributed by atoms with van der Waals surface area (Å²) in [6.07, 6.45) is 4.20. The zero-order valence-corrected chi connectivity index (χ0v) is 16.0. The van der Waals surface area contributed by atoms with E-state index in [0.717, 1.165) is 22.4 Å². The summed E-state index contributed by atoms with van der Waals surface area (Å²) in [7, 11) is 0. The molecule has 2 aromatic heterocycles. The minimum absolute atomic E-state index is 0.0781. The Balaban J connectivity index is 1.90. The van der Waals surface area contributed by atoms with Crippen LogP contribution < -0.4 is 11.5 Å². The van der Waals surface area contributed by atoms with Crippen LogP contribution in [0.4, 0.5) is 11.8 Å². The van der Waals surface area contributed by atoms with Gasteiger partial charge in [0.1, 0.15) is 5.82 Å². The molecule has 0 aliphatic heterocycles. The van der Waals surface area contributed by atoms with Gasteiger partial charge in [0.05, 0.1) is 11.3 Å². The summed E-state index contributed by atoms with van der Waals surface area (Å²) in [5.41, 5.74) is 16.1. The number of nitrogen functional groups attached to an aromatic ring is 2. The molecule has 0 aliphatic carbocycles. The fourth-order valence-corrected chi connectivity index (χ4v) is 3.14. The van der Waals surface area contributed by atoms with E-state index in [4.69, 9.17) is 23.1 Å². The average molecular weight is 378 g/mol. The molecule has 4 N–H and O–H groups in total. The lowest BCUT2D eigenvalue weighted by atomic mass is 9.97. The zero-order chi connectivity index (χ0) is 19.4. The minimum atomic E-state index is -0.0781. The van der Waals surface area contributed by atoms with Crippen LogP contribution in [0.25, 0.3) is 11.1 Å².